The molecule has 0 radical (unpaired) electrons. The third kappa shape index (κ3) is 4.56. The van der Waals surface area contributed by atoms with Gasteiger partial charge in [0.25, 0.3) is 5.91 Å². The normalized spacial score (nSPS) is 21.1. The van der Waals surface area contributed by atoms with E-state index in [-0.39, 0.29) is 36.5 Å². The number of anilines is 1. The number of fused-ring (bicyclic) bond motifs is 1. The van der Waals surface area contributed by atoms with Gasteiger partial charge in [-0.3, -0.25) is 19.2 Å². The van der Waals surface area contributed by atoms with Gasteiger partial charge in [-0.05, 0) is 51.3 Å². The zero-order chi connectivity index (χ0) is 24.5. The number of hydrogen-bond donors (Lipinski definition) is 1. The minimum Gasteiger partial charge on any atom is -0.461 e. The van der Waals surface area contributed by atoms with Crippen LogP contribution >= 0.6 is 11.6 Å². The number of aromatic nitrogens is 2. The van der Waals surface area contributed by atoms with Crippen LogP contribution in [-0.2, 0) is 16.1 Å². The van der Waals surface area contributed by atoms with Crippen molar-refractivity contribution in [2.24, 2.45) is 0 Å². The van der Waals surface area contributed by atoms with E-state index in [1.807, 2.05) is 13.0 Å². The van der Waals surface area contributed by atoms with Crippen molar-refractivity contribution in [2.75, 3.05) is 11.5 Å². The number of carbonyl (C=O) groups excluding carboxylic acids is 3. The molecule has 8 nitrogen and oxygen atoms in total. The highest BCUT2D eigenvalue weighted by Crippen LogP contribution is 2.36. The van der Waals surface area contributed by atoms with Crippen molar-refractivity contribution in [1.82, 2.24) is 15.1 Å². The lowest BCUT2D eigenvalue weighted by molar-refractivity contribution is -0.127. The SMILES string of the molecule is CCOC(=O)c1cc2n(n1)CC(C)(C(=O)NC1CCCCCC1)N(c1cc(Cl)ccc1C)C2=O. The van der Waals surface area contributed by atoms with Gasteiger partial charge in [0.2, 0.25) is 5.91 Å². The zero-order valence-corrected chi connectivity index (χ0v) is 20.7. The third-order valence-corrected chi connectivity index (χ3v) is 6.96. The van der Waals surface area contributed by atoms with Gasteiger partial charge in [-0.25, -0.2) is 4.79 Å². The first kappa shape index (κ1) is 24.3. The van der Waals surface area contributed by atoms with Gasteiger partial charge in [-0.2, -0.15) is 5.10 Å². The summed E-state index contributed by atoms with van der Waals surface area (Å²) in [5.74, 6) is -1.27. The Kier molecular flexibility index (Phi) is 6.98. The first-order chi connectivity index (χ1) is 16.2. The second kappa shape index (κ2) is 9.78. The molecule has 1 aliphatic carbocycles. The lowest BCUT2D eigenvalue weighted by Crippen LogP contribution is -2.65. The molecule has 1 atom stereocenters. The van der Waals surface area contributed by atoms with E-state index in [0.717, 1.165) is 31.2 Å². The summed E-state index contributed by atoms with van der Waals surface area (Å²) in [6, 6.07) is 6.77. The van der Waals surface area contributed by atoms with Crippen molar-refractivity contribution in [1.29, 1.82) is 0 Å². The Hall–Kier alpha value is -2.87. The fourth-order valence-corrected chi connectivity index (χ4v) is 5.02. The molecule has 1 fully saturated rings. The van der Waals surface area contributed by atoms with Gasteiger partial charge >= 0.3 is 5.97 Å². The molecule has 9 heteroatoms. The molecule has 0 bridgehead atoms. The molecule has 1 aromatic carbocycles. The summed E-state index contributed by atoms with van der Waals surface area (Å²) >= 11 is 6.29. The second-order valence-electron chi connectivity index (χ2n) is 9.30. The van der Waals surface area contributed by atoms with E-state index in [0.29, 0.717) is 10.7 Å². The molecule has 34 heavy (non-hydrogen) atoms. The Morgan fingerprint density at radius 1 is 1.21 bits per heavy atom. The van der Waals surface area contributed by atoms with Crippen LogP contribution in [0.1, 0.15) is 78.9 Å². The van der Waals surface area contributed by atoms with Crippen LogP contribution in [0.4, 0.5) is 5.69 Å². The topological polar surface area (TPSA) is 93.5 Å². The lowest BCUT2D eigenvalue weighted by atomic mass is 9.92. The summed E-state index contributed by atoms with van der Waals surface area (Å²) in [5, 5.41) is 7.99. The van der Waals surface area contributed by atoms with E-state index >= 15 is 0 Å². The number of carbonyl (C=O) groups is 3. The summed E-state index contributed by atoms with van der Waals surface area (Å²) in [7, 11) is 0. The zero-order valence-electron chi connectivity index (χ0n) is 19.9. The summed E-state index contributed by atoms with van der Waals surface area (Å²) in [6.07, 6.45) is 6.33. The highest BCUT2D eigenvalue weighted by Gasteiger charge is 2.50. The summed E-state index contributed by atoms with van der Waals surface area (Å²) in [6.45, 7) is 5.62. The maximum atomic E-state index is 13.8. The fourth-order valence-electron chi connectivity index (χ4n) is 4.85. The van der Waals surface area contributed by atoms with Crippen LogP contribution in [-0.4, -0.2) is 45.8 Å². The molecule has 1 unspecified atom stereocenters. The van der Waals surface area contributed by atoms with Crippen molar-refractivity contribution < 1.29 is 19.1 Å². The first-order valence-corrected chi connectivity index (χ1v) is 12.3. The Morgan fingerprint density at radius 3 is 2.59 bits per heavy atom. The van der Waals surface area contributed by atoms with E-state index in [2.05, 4.69) is 10.4 Å². The molecule has 2 aliphatic rings. The molecule has 4 rings (SSSR count). The average molecular weight is 487 g/mol. The number of esters is 1. The molecule has 182 valence electrons. The predicted octanol–water partition coefficient (Wildman–Crippen LogP) is 4.28. The number of halogens is 1. The Morgan fingerprint density at radius 2 is 1.91 bits per heavy atom. The number of hydrogen-bond acceptors (Lipinski definition) is 5. The van der Waals surface area contributed by atoms with Crippen molar-refractivity contribution in [2.45, 2.75) is 77.4 Å². The average Bonchev–Trinajstić information content (AvgIpc) is 3.05. The summed E-state index contributed by atoms with van der Waals surface area (Å²) in [5.41, 5.74) is 0.360. The van der Waals surface area contributed by atoms with Crippen molar-refractivity contribution in [3.05, 3.63) is 46.2 Å². The van der Waals surface area contributed by atoms with Crippen molar-refractivity contribution in [3.8, 4) is 0 Å². The standard InChI is InChI=1S/C25H31ClN4O4/c1-4-34-23(32)19-14-21-22(31)30(20-13-17(26)12-11-16(20)2)25(3,15-29(21)28-19)24(33)27-18-9-7-5-6-8-10-18/h11-14,18H,4-10,15H2,1-3H3,(H,27,33). The van der Waals surface area contributed by atoms with Crippen LogP contribution in [0.2, 0.25) is 5.02 Å². The maximum absolute atomic E-state index is 13.8. The molecule has 0 saturated heterocycles. The number of amides is 2. The lowest BCUT2D eigenvalue weighted by Gasteiger charge is -2.44. The number of benzene rings is 1. The quantitative estimate of drug-likeness (QED) is 0.503. The highest BCUT2D eigenvalue weighted by atomic mass is 35.5. The van der Waals surface area contributed by atoms with E-state index in [1.54, 1.807) is 26.0 Å². The number of nitrogens with one attached hydrogen (secondary N) is 1. The molecule has 1 saturated carbocycles. The van der Waals surface area contributed by atoms with Crippen LogP contribution < -0.4 is 10.2 Å². The Bertz CT molecular complexity index is 1110. The van der Waals surface area contributed by atoms with Gasteiger partial charge < -0.3 is 10.1 Å². The fraction of sp³-hybridized carbons (Fsp3) is 0.520. The van der Waals surface area contributed by atoms with E-state index in [9.17, 15) is 14.4 Å². The van der Waals surface area contributed by atoms with Gasteiger partial charge in [0.15, 0.2) is 5.69 Å². The van der Waals surface area contributed by atoms with Crippen molar-refractivity contribution >= 4 is 35.1 Å². The summed E-state index contributed by atoms with van der Waals surface area (Å²) in [4.78, 5) is 41.4. The smallest absolute Gasteiger partial charge is 0.358 e. The minimum atomic E-state index is -1.27. The maximum Gasteiger partial charge on any atom is 0.358 e. The van der Waals surface area contributed by atoms with Crippen molar-refractivity contribution in [3.63, 3.8) is 0 Å². The third-order valence-electron chi connectivity index (χ3n) is 6.73. The largest absolute Gasteiger partial charge is 0.461 e. The van der Waals surface area contributed by atoms with Crippen LogP contribution in [0.25, 0.3) is 0 Å². The summed E-state index contributed by atoms with van der Waals surface area (Å²) < 4.78 is 6.50. The van der Waals surface area contributed by atoms with Gasteiger partial charge in [0, 0.05) is 22.8 Å². The van der Waals surface area contributed by atoms with Gasteiger partial charge in [0.1, 0.15) is 11.2 Å². The number of aryl methyl sites for hydroxylation is 1. The molecular weight excluding hydrogens is 456 g/mol. The van der Waals surface area contributed by atoms with Crippen LogP contribution in [0.5, 0.6) is 0 Å². The molecule has 0 spiro atoms. The molecule has 2 heterocycles. The first-order valence-electron chi connectivity index (χ1n) is 11.9. The van der Waals surface area contributed by atoms with Crippen LogP contribution in [0.15, 0.2) is 24.3 Å². The molecule has 2 aromatic rings. The van der Waals surface area contributed by atoms with E-state index in [4.69, 9.17) is 16.3 Å². The van der Waals surface area contributed by atoms with Gasteiger partial charge in [0.05, 0.1) is 13.2 Å². The van der Waals surface area contributed by atoms with Gasteiger partial charge in [-0.15, -0.1) is 0 Å². The van der Waals surface area contributed by atoms with E-state index in [1.165, 1.54) is 28.5 Å². The Balaban J connectivity index is 1.77. The molecule has 1 N–H and O–H groups in total. The number of ether oxygens (including phenoxy) is 1. The number of nitrogens with zero attached hydrogens (tertiary/aromatic N) is 3. The Labute approximate surface area is 204 Å². The van der Waals surface area contributed by atoms with Gasteiger partial charge in [-0.1, -0.05) is 43.4 Å². The molecule has 1 aliphatic heterocycles. The van der Waals surface area contributed by atoms with Crippen LogP contribution in [0, 0.1) is 6.92 Å². The number of rotatable bonds is 5. The second-order valence-corrected chi connectivity index (χ2v) is 9.74. The molecular formula is C25H31ClN4O4. The van der Waals surface area contributed by atoms with Crippen LogP contribution in [0.3, 0.4) is 0 Å². The highest BCUT2D eigenvalue weighted by molar-refractivity contribution is 6.31. The minimum absolute atomic E-state index is 0.0430. The van der Waals surface area contributed by atoms with E-state index < -0.39 is 17.4 Å². The monoisotopic (exact) mass is 486 g/mol. The molecule has 2 amide bonds. The molecule has 1 aromatic heterocycles. The predicted molar refractivity (Wildman–Crippen MR) is 129 cm³/mol.